The van der Waals surface area contributed by atoms with Crippen molar-refractivity contribution in [1.82, 2.24) is 10.6 Å². The third-order valence-corrected chi connectivity index (χ3v) is 2.93. The van der Waals surface area contributed by atoms with Crippen LogP contribution in [-0.4, -0.2) is 40.1 Å². The van der Waals surface area contributed by atoms with Crippen LogP contribution in [0.1, 0.15) is 20.8 Å². The minimum Gasteiger partial charge on any atom is -0.480 e. The van der Waals surface area contributed by atoms with Crippen molar-refractivity contribution >= 4 is 29.7 Å². The van der Waals surface area contributed by atoms with E-state index in [2.05, 4.69) is 10.6 Å². The number of thioether (sulfide) groups is 1. The molecule has 0 bridgehead atoms. The molecule has 0 fully saturated rings. The SMILES string of the molecule is CCNC(=O)NC(=O)C(C)SC(C)C(=O)O. The van der Waals surface area contributed by atoms with Crippen molar-refractivity contribution in [2.24, 2.45) is 0 Å². The first-order chi connectivity index (χ1) is 7.38. The van der Waals surface area contributed by atoms with E-state index >= 15 is 0 Å². The van der Waals surface area contributed by atoms with Gasteiger partial charge in [0.05, 0.1) is 5.25 Å². The van der Waals surface area contributed by atoms with Crippen LogP contribution in [0.4, 0.5) is 4.79 Å². The normalized spacial score (nSPS) is 13.7. The van der Waals surface area contributed by atoms with E-state index in [1.165, 1.54) is 6.92 Å². The van der Waals surface area contributed by atoms with Gasteiger partial charge in [0.15, 0.2) is 0 Å². The number of hydrogen-bond acceptors (Lipinski definition) is 4. The van der Waals surface area contributed by atoms with Crippen LogP contribution in [-0.2, 0) is 9.59 Å². The highest BCUT2D eigenvalue weighted by Crippen LogP contribution is 2.17. The average Bonchev–Trinajstić information content (AvgIpc) is 2.17. The van der Waals surface area contributed by atoms with Gasteiger partial charge in [0.25, 0.3) is 0 Å². The van der Waals surface area contributed by atoms with E-state index in [0.717, 1.165) is 11.8 Å². The summed E-state index contributed by atoms with van der Waals surface area (Å²) in [7, 11) is 0. The van der Waals surface area contributed by atoms with Crippen molar-refractivity contribution in [2.75, 3.05) is 6.54 Å². The lowest BCUT2D eigenvalue weighted by atomic mass is 10.4. The Labute approximate surface area is 98.2 Å². The summed E-state index contributed by atoms with van der Waals surface area (Å²) < 4.78 is 0. The number of carboxylic acid groups (broad SMARTS) is 1. The molecule has 3 N–H and O–H groups in total. The summed E-state index contributed by atoms with van der Waals surface area (Å²) in [5.74, 6) is -1.48. The predicted octanol–water partition coefficient (Wildman–Crippen LogP) is 0.427. The highest BCUT2D eigenvalue weighted by molar-refractivity contribution is 8.01. The summed E-state index contributed by atoms with van der Waals surface area (Å²) in [5.41, 5.74) is 0. The lowest BCUT2D eigenvalue weighted by molar-refractivity contribution is -0.136. The van der Waals surface area contributed by atoms with E-state index in [0.29, 0.717) is 6.54 Å². The standard InChI is InChI=1S/C9H16N2O4S/c1-4-10-9(15)11-7(12)5(2)16-6(3)8(13)14/h5-6H,4H2,1-3H3,(H,13,14)(H2,10,11,12,15). The van der Waals surface area contributed by atoms with Crippen LogP contribution in [0.25, 0.3) is 0 Å². The van der Waals surface area contributed by atoms with E-state index in [1.807, 2.05) is 0 Å². The molecule has 0 aromatic carbocycles. The molecule has 0 aliphatic carbocycles. The van der Waals surface area contributed by atoms with Gasteiger partial charge in [-0.15, -0.1) is 11.8 Å². The molecular formula is C9H16N2O4S. The number of carbonyl (C=O) groups is 3. The van der Waals surface area contributed by atoms with Crippen molar-refractivity contribution in [2.45, 2.75) is 31.3 Å². The number of nitrogens with one attached hydrogen (secondary N) is 2. The molecule has 0 spiro atoms. The van der Waals surface area contributed by atoms with Gasteiger partial charge < -0.3 is 10.4 Å². The van der Waals surface area contributed by atoms with Gasteiger partial charge in [-0.3, -0.25) is 14.9 Å². The lowest BCUT2D eigenvalue weighted by Crippen LogP contribution is -2.43. The smallest absolute Gasteiger partial charge is 0.321 e. The third kappa shape index (κ3) is 5.59. The van der Waals surface area contributed by atoms with E-state index < -0.39 is 28.4 Å². The Balaban J connectivity index is 4.08. The van der Waals surface area contributed by atoms with E-state index in [1.54, 1.807) is 13.8 Å². The predicted molar refractivity (Wildman–Crippen MR) is 61.4 cm³/mol. The Kier molecular flexibility index (Phi) is 6.55. The van der Waals surface area contributed by atoms with Gasteiger partial charge in [-0.05, 0) is 20.8 Å². The van der Waals surface area contributed by atoms with E-state index in [9.17, 15) is 14.4 Å². The molecular weight excluding hydrogens is 232 g/mol. The molecule has 0 aliphatic rings. The molecule has 2 atom stereocenters. The van der Waals surface area contributed by atoms with E-state index in [4.69, 9.17) is 5.11 Å². The molecule has 16 heavy (non-hydrogen) atoms. The molecule has 2 unspecified atom stereocenters. The summed E-state index contributed by atoms with van der Waals surface area (Å²) in [6.45, 7) is 5.20. The molecule has 0 rings (SSSR count). The maximum atomic E-state index is 11.4. The molecule has 92 valence electrons. The van der Waals surface area contributed by atoms with Crippen molar-refractivity contribution in [3.8, 4) is 0 Å². The van der Waals surface area contributed by atoms with Crippen LogP contribution < -0.4 is 10.6 Å². The van der Waals surface area contributed by atoms with Crippen molar-refractivity contribution in [1.29, 1.82) is 0 Å². The average molecular weight is 248 g/mol. The monoisotopic (exact) mass is 248 g/mol. The molecule has 7 heteroatoms. The number of hydrogen-bond donors (Lipinski definition) is 3. The summed E-state index contributed by atoms with van der Waals surface area (Å²) in [4.78, 5) is 33.0. The minimum atomic E-state index is -0.984. The van der Waals surface area contributed by atoms with Crippen molar-refractivity contribution < 1.29 is 19.5 Å². The molecule has 6 nitrogen and oxygen atoms in total. The van der Waals surface area contributed by atoms with Gasteiger partial charge in [0.1, 0.15) is 5.25 Å². The van der Waals surface area contributed by atoms with Gasteiger partial charge in [-0.1, -0.05) is 0 Å². The Bertz CT molecular complexity index is 283. The quantitative estimate of drug-likeness (QED) is 0.655. The lowest BCUT2D eigenvalue weighted by Gasteiger charge is -2.13. The Hall–Kier alpha value is -1.24. The molecule has 0 saturated carbocycles. The van der Waals surface area contributed by atoms with Crippen LogP contribution >= 0.6 is 11.8 Å². The zero-order chi connectivity index (χ0) is 12.7. The highest BCUT2D eigenvalue weighted by atomic mass is 32.2. The van der Waals surface area contributed by atoms with Gasteiger partial charge in [-0.25, -0.2) is 4.79 Å². The second-order valence-electron chi connectivity index (χ2n) is 3.11. The van der Waals surface area contributed by atoms with Gasteiger partial charge in [-0.2, -0.15) is 0 Å². The van der Waals surface area contributed by atoms with Gasteiger partial charge >= 0.3 is 12.0 Å². The largest absolute Gasteiger partial charge is 0.480 e. The zero-order valence-corrected chi connectivity index (χ0v) is 10.3. The zero-order valence-electron chi connectivity index (χ0n) is 9.44. The number of carbonyl (C=O) groups excluding carboxylic acids is 2. The first-order valence-electron chi connectivity index (χ1n) is 4.85. The summed E-state index contributed by atoms with van der Waals surface area (Å²) in [6, 6.07) is -0.567. The van der Waals surface area contributed by atoms with E-state index in [-0.39, 0.29) is 0 Å². The molecule has 0 heterocycles. The van der Waals surface area contributed by atoms with Crippen LogP contribution in [0.3, 0.4) is 0 Å². The molecule has 0 aromatic rings. The fourth-order valence-electron chi connectivity index (χ4n) is 0.844. The second kappa shape index (κ2) is 7.10. The fourth-order valence-corrected chi connectivity index (χ4v) is 1.76. The maximum absolute atomic E-state index is 11.4. The molecule has 0 saturated heterocycles. The van der Waals surface area contributed by atoms with Crippen LogP contribution in [0, 0.1) is 0 Å². The molecule has 0 aliphatic heterocycles. The molecule has 0 aromatic heterocycles. The number of aliphatic carboxylic acids is 1. The first kappa shape index (κ1) is 14.8. The maximum Gasteiger partial charge on any atom is 0.321 e. The Morgan fingerprint density at radius 1 is 1.25 bits per heavy atom. The van der Waals surface area contributed by atoms with Gasteiger partial charge in [0, 0.05) is 6.54 Å². The highest BCUT2D eigenvalue weighted by Gasteiger charge is 2.21. The number of rotatable bonds is 5. The number of carboxylic acids is 1. The Morgan fingerprint density at radius 3 is 2.25 bits per heavy atom. The van der Waals surface area contributed by atoms with Crippen molar-refractivity contribution in [3.63, 3.8) is 0 Å². The Morgan fingerprint density at radius 2 is 1.81 bits per heavy atom. The molecule has 0 radical (unpaired) electrons. The second-order valence-corrected chi connectivity index (χ2v) is 4.79. The van der Waals surface area contributed by atoms with Crippen LogP contribution in [0.2, 0.25) is 0 Å². The van der Waals surface area contributed by atoms with Crippen LogP contribution in [0.15, 0.2) is 0 Å². The van der Waals surface area contributed by atoms with Crippen LogP contribution in [0.5, 0.6) is 0 Å². The number of imide groups is 1. The van der Waals surface area contributed by atoms with Gasteiger partial charge in [0.2, 0.25) is 5.91 Å². The first-order valence-corrected chi connectivity index (χ1v) is 5.79. The summed E-state index contributed by atoms with van der Waals surface area (Å²) >= 11 is 0.984. The molecule has 3 amide bonds. The summed E-state index contributed by atoms with van der Waals surface area (Å²) in [6.07, 6.45) is 0. The third-order valence-electron chi connectivity index (χ3n) is 1.70. The topological polar surface area (TPSA) is 95.5 Å². The van der Waals surface area contributed by atoms with Crippen molar-refractivity contribution in [3.05, 3.63) is 0 Å². The number of amides is 3. The fraction of sp³-hybridized carbons (Fsp3) is 0.667. The minimum absolute atomic E-state index is 0.423. The summed E-state index contributed by atoms with van der Waals surface area (Å²) in [5, 5.41) is 11.9. The number of urea groups is 1.